The normalized spacial score (nSPS) is 34.8. The van der Waals surface area contributed by atoms with Crippen molar-refractivity contribution in [2.75, 3.05) is 12.4 Å². The zero-order valence-electron chi connectivity index (χ0n) is 4.82. The van der Waals surface area contributed by atoms with Gasteiger partial charge >= 0.3 is 0 Å². The fraction of sp³-hybridized carbons (Fsp3) is 0.800. The fourth-order valence-electron chi connectivity index (χ4n) is 0.643. The molecule has 0 bridgehead atoms. The molecule has 0 radical (unpaired) electrons. The van der Waals surface area contributed by atoms with Gasteiger partial charge in [-0.05, 0) is 0 Å². The van der Waals surface area contributed by atoms with Gasteiger partial charge in [-0.3, -0.25) is 0 Å². The highest BCUT2D eigenvalue weighted by Gasteiger charge is 2.23. The van der Waals surface area contributed by atoms with Crippen molar-refractivity contribution in [1.82, 2.24) is 0 Å². The molecule has 0 aromatic carbocycles. The smallest absolute Gasteiger partial charge is 0.149 e. The zero-order valence-corrected chi connectivity index (χ0v) is 5.63. The molecule has 0 saturated carbocycles. The number of rotatable bonds is 2. The Labute approximate surface area is 57.4 Å². The summed E-state index contributed by atoms with van der Waals surface area (Å²) in [7, 11) is 0. The van der Waals surface area contributed by atoms with Crippen LogP contribution >= 0.6 is 11.8 Å². The van der Waals surface area contributed by atoms with E-state index in [1.54, 1.807) is 0 Å². The summed E-state index contributed by atoms with van der Waals surface area (Å²) in [5.74, 6) is 0.675. The Morgan fingerprint density at radius 1 is 1.89 bits per heavy atom. The van der Waals surface area contributed by atoms with Gasteiger partial charge in [-0.15, -0.1) is 11.8 Å². The molecule has 0 spiro atoms. The predicted octanol–water partition coefficient (Wildman–Crippen LogP) is -0.364. The SMILES string of the molecule is O=CC1CS[C@H](CO)O1. The molecule has 1 rings (SSSR count). The first kappa shape index (κ1) is 7.05. The number of aldehydes is 1. The Morgan fingerprint density at radius 3 is 3.00 bits per heavy atom. The van der Waals surface area contributed by atoms with Crippen LogP contribution in [0.3, 0.4) is 0 Å². The van der Waals surface area contributed by atoms with Crippen LogP contribution in [0.5, 0.6) is 0 Å². The van der Waals surface area contributed by atoms with Crippen LogP contribution in [0.15, 0.2) is 0 Å². The van der Waals surface area contributed by atoms with Crippen molar-refractivity contribution in [2.45, 2.75) is 11.5 Å². The topological polar surface area (TPSA) is 46.5 Å². The number of ether oxygens (including phenoxy) is 1. The molecule has 52 valence electrons. The maximum Gasteiger partial charge on any atom is 0.149 e. The van der Waals surface area contributed by atoms with Crippen LogP contribution in [0.25, 0.3) is 0 Å². The first-order chi connectivity index (χ1) is 4.36. The molecule has 1 unspecified atom stereocenters. The molecule has 0 aliphatic carbocycles. The monoisotopic (exact) mass is 148 g/mol. The Kier molecular flexibility index (Phi) is 2.50. The molecule has 0 aromatic rings. The molecule has 1 fully saturated rings. The van der Waals surface area contributed by atoms with Crippen molar-refractivity contribution in [3.8, 4) is 0 Å². The average molecular weight is 148 g/mol. The number of aliphatic hydroxyl groups excluding tert-OH is 1. The molecule has 1 heterocycles. The average Bonchev–Trinajstić information content (AvgIpc) is 2.34. The quantitative estimate of drug-likeness (QED) is 0.543. The lowest BCUT2D eigenvalue weighted by molar-refractivity contribution is -0.117. The van der Waals surface area contributed by atoms with Crippen molar-refractivity contribution in [3.63, 3.8) is 0 Å². The predicted molar refractivity (Wildman–Crippen MR) is 34.3 cm³/mol. The van der Waals surface area contributed by atoms with Crippen LogP contribution in [0.1, 0.15) is 0 Å². The molecule has 3 nitrogen and oxygen atoms in total. The van der Waals surface area contributed by atoms with E-state index in [0.29, 0.717) is 5.75 Å². The summed E-state index contributed by atoms with van der Waals surface area (Å²) < 4.78 is 5.00. The van der Waals surface area contributed by atoms with Gasteiger partial charge in [0.1, 0.15) is 17.8 Å². The van der Waals surface area contributed by atoms with Gasteiger partial charge in [0.2, 0.25) is 0 Å². The van der Waals surface area contributed by atoms with Crippen molar-refractivity contribution in [1.29, 1.82) is 0 Å². The summed E-state index contributed by atoms with van der Waals surface area (Å²) >= 11 is 1.47. The minimum Gasteiger partial charge on any atom is -0.393 e. The minimum atomic E-state index is -0.299. The molecule has 4 heteroatoms. The van der Waals surface area contributed by atoms with E-state index >= 15 is 0 Å². The maximum absolute atomic E-state index is 10.0. The van der Waals surface area contributed by atoms with Gasteiger partial charge in [0.25, 0.3) is 0 Å². The second kappa shape index (κ2) is 3.20. The van der Waals surface area contributed by atoms with Crippen LogP contribution in [0.4, 0.5) is 0 Å². The molecule has 0 aromatic heterocycles. The van der Waals surface area contributed by atoms with Crippen LogP contribution in [-0.2, 0) is 9.53 Å². The summed E-state index contributed by atoms with van der Waals surface area (Å²) in [5, 5.41) is 8.52. The second-order valence-electron chi connectivity index (χ2n) is 1.76. The molecular formula is C5H8O3S. The van der Waals surface area contributed by atoms with Crippen molar-refractivity contribution < 1.29 is 14.6 Å². The maximum atomic E-state index is 10.0. The molecule has 0 amide bonds. The highest BCUT2D eigenvalue weighted by molar-refractivity contribution is 8.00. The van der Waals surface area contributed by atoms with E-state index in [0.717, 1.165) is 6.29 Å². The van der Waals surface area contributed by atoms with Crippen molar-refractivity contribution >= 4 is 18.0 Å². The summed E-state index contributed by atoms with van der Waals surface area (Å²) in [5.41, 5.74) is -0.180. The van der Waals surface area contributed by atoms with Gasteiger partial charge in [0, 0.05) is 5.75 Å². The number of carbonyl (C=O) groups excluding carboxylic acids is 1. The van der Waals surface area contributed by atoms with Crippen LogP contribution in [0, 0.1) is 0 Å². The van der Waals surface area contributed by atoms with Gasteiger partial charge < -0.3 is 14.6 Å². The van der Waals surface area contributed by atoms with E-state index in [9.17, 15) is 4.79 Å². The number of hydrogen-bond donors (Lipinski definition) is 1. The first-order valence-corrected chi connectivity index (χ1v) is 3.75. The lowest BCUT2D eigenvalue weighted by Gasteiger charge is -2.02. The number of carbonyl (C=O) groups is 1. The van der Waals surface area contributed by atoms with E-state index in [2.05, 4.69) is 0 Å². The Hall–Kier alpha value is -0.0600. The van der Waals surface area contributed by atoms with Gasteiger partial charge in [-0.1, -0.05) is 0 Å². The van der Waals surface area contributed by atoms with Crippen molar-refractivity contribution in [3.05, 3.63) is 0 Å². The summed E-state index contributed by atoms with van der Waals surface area (Å²) in [6.45, 7) is -0.00495. The number of hydrogen-bond acceptors (Lipinski definition) is 4. The third-order valence-electron chi connectivity index (χ3n) is 1.07. The van der Waals surface area contributed by atoms with Gasteiger partial charge in [-0.2, -0.15) is 0 Å². The van der Waals surface area contributed by atoms with E-state index in [1.165, 1.54) is 11.8 Å². The molecule has 9 heavy (non-hydrogen) atoms. The largest absolute Gasteiger partial charge is 0.393 e. The molecular weight excluding hydrogens is 140 g/mol. The van der Waals surface area contributed by atoms with Crippen molar-refractivity contribution in [2.24, 2.45) is 0 Å². The summed E-state index contributed by atoms with van der Waals surface area (Å²) in [4.78, 5) is 10.0. The Bertz CT molecular complexity index is 106. The zero-order chi connectivity index (χ0) is 6.69. The lowest BCUT2D eigenvalue weighted by atomic mass is 10.5. The third-order valence-corrected chi connectivity index (χ3v) is 2.23. The Morgan fingerprint density at radius 2 is 2.67 bits per heavy atom. The van der Waals surface area contributed by atoms with Crippen LogP contribution in [-0.4, -0.2) is 35.3 Å². The molecule has 2 atom stereocenters. The number of thioether (sulfide) groups is 1. The van der Waals surface area contributed by atoms with Gasteiger partial charge in [0.15, 0.2) is 0 Å². The standard InChI is InChI=1S/C5H8O3S/c6-1-4-3-9-5(2-7)8-4/h1,4-5,7H,2-3H2/t4?,5-/m1/s1. The van der Waals surface area contributed by atoms with E-state index < -0.39 is 0 Å². The summed E-state index contributed by atoms with van der Waals surface area (Å²) in [6, 6.07) is 0. The van der Waals surface area contributed by atoms with Gasteiger partial charge in [-0.25, -0.2) is 0 Å². The number of aliphatic hydroxyl groups is 1. The second-order valence-corrected chi connectivity index (χ2v) is 2.95. The molecule has 1 aliphatic heterocycles. The first-order valence-electron chi connectivity index (χ1n) is 2.70. The lowest BCUT2D eigenvalue weighted by Crippen LogP contribution is -2.15. The molecule has 1 saturated heterocycles. The van der Waals surface area contributed by atoms with E-state index in [-0.39, 0.29) is 18.1 Å². The van der Waals surface area contributed by atoms with Crippen LogP contribution < -0.4 is 0 Å². The highest BCUT2D eigenvalue weighted by Crippen LogP contribution is 2.22. The fourth-order valence-corrected chi connectivity index (χ4v) is 1.53. The van der Waals surface area contributed by atoms with Gasteiger partial charge in [0.05, 0.1) is 6.61 Å². The molecule has 1 aliphatic rings. The highest BCUT2D eigenvalue weighted by atomic mass is 32.2. The van der Waals surface area contributed by atoms with E-state index in [4.69, 9.17) is 9.84 Å². The Balaban J connectivity index is 2.28. The summed E-state index contributed by atoms with van der Waals surface area (Å²) in [6.07, 6.45) is 0.468. The third kappa shape index (κ3) is 1.67. The minimum absolute atomic E-state index is 0.00495. The molecule has 1 N–H and O–H groups in total. The van der Waals surface area contributed by atoms with E-state index in [1.807, 2.05) is 0 Å². The van der Waals surface area contributed by atoms with Crippen LogP contribution in [0.2, 0.25) is 0 Å².